The van der Waals surface area contributed by atoms with Crippen LogP contribution in [0, 0.1) is 11.8 Å². The third-order valence-corrected chi connectivity index (χ3v) is 3.83. The zero-order valence-electron chi connectivity index (χ0n) is 13.3. The highest BCUT2D eigenvalue weighted by atomic mass is 16.1. The quantitative estimate of drug-likeness (QED) is 0.756. The predicted octanol–water partition coefficient (Wildman–Crippen LogP) is 2.98. The first-order chi connectivity index (χ1) is 9.51. The van der Waals surface area contributed by atoms with Gasteiger partial charge in [-0.3, -0.25) is 9.48 Å². The fourth-order valence-corrected chi connectivity index (χ4v) is 2.59. The molecule has 1 aromatic rings. The second-order valence-corrected chi connectivity index (χ2v) is 5.96. The average molecular weight is 279 g/mol. The lowest BCUT2D eigenvalue weighted by atomic mass is 9.91. The second kappa shape index (κ2) is 8.20. The molecule has 1 heterocycles. The van der Waals surface area contributed by atoms with Crippen molar-refractivity contribution < 1.29 is 4.79 Å². The summed E-state index contributed by atoms with van der Waals surface area (Å²) in [4.78, 5) is 12.3. The number of rotatable bonds is 9. The van der Waals surface area contributed by atoms with Crippen molar-refractivity contribution in [1.82, 2.24) is 9.78 Å². The fraction of sp³-hybridized carbons (Fsp3) is 0.750. The molecule has 2 N–H and O–H groups in total. The van der Waals surface area contributed by atoms with Gasteiger partial charge < -0.3 is 5.73 Å². The minimum atomic E-state index is -0.0340. The van der Waals surface area contributed by atoms with Gasteiger partial charge in [0.15, 0.2) is 0 Å². The normalized spacial score (nSPS) is 13.2. The lowest BCUT2D eigenvalue weighted by Crippen LogP contribution is -2.26. The molecule has 0 aliphatic carbocycles. The highest BCUT2D eigenvalue weighted by Gasteiger charge is 2.19. The van der Waals surface area contributed by atoms with Crippen LogP contribution in [0.1, 0.15) is 58.7 Å². The number of carbonyl (C=O) groups is 1. The number of hydrogen-bond donors (Lipinski definition) is 1. The van der Waals surface area contributed by atoms with Gasteiger partial charge in [-0.1, -0.05) is 27.7 Å². The Morgan fingerprint density at radius 3 is 2.50 bits per heavy atom. The lowest BCUT2D eigenvalue weighted by molar-refractivity contribution is -0.122. The average Bonchev–Trinajstić information content (AvgIpc) is 2.85. The molecule has 0 fully saturated rings. The Morgan fingerprint density at radius 2 is 2.00 bits per heavy atom. The molecule has 0 saturated carbocycles. The maximum atomic E-state index is 12.3. The molecule has 4 heteroatoms. The van der Waals surface area contributed by atoms with E-state index in [1.807, 2.05) is 16.9 Å². The molecule has 0 aliphatic rings. The predicted molar refractivity (Wildman–Crippen MR) is 82.6 cm³/mol. The van der Waals surface area contributed by atoms with Crippen LogP contribution in [-0.2, 0) is 11.2 Å². The summed E-state index contributed by atoms with van der Waals surface area (Å²) >= 11 is 0. The third kappa shape index (κ3) is 4.75. The van der Waals surface area contributed by atoms with E-state index in [2.05, 4.69) is 32.8 Å². The van der Waals surface area contributed by atoms with E-state index in [1.54, 1.807) is 0 Å². The molecule has 0 aliphatic heterocycles. The summed E-state index contributed by atoms with van der Waals surface area (Å²) in [5.74, 6) is 0.680. The summed E-state index contributed by atoms with van der Waals surface area (Å²) in [5, 5.41) is 4.54. The van der Waals surface area contributed by atoms with E-state index in [-0.39, 0.29) is 11.7 Å². The smallest absolute Gasteiger partial charge is 0.143 e. The summed E-state index contributed by atoms with van der Waals surface area (Å²) in [6.07, 6.45) is 5.37. The molecule has 0 saturated heterocycles. The zero-order valence-corrected chi connectivity index (χ0v) is 13.3. The molecule has 1 atom stereocenters. The Morgan fingerprint density at radius 1 is 1.35 bits per heavy atom. The van der Waals surface area contributed by atoms with E-state index in [0.29, 0.717) is 24.9 Å². The van der Waals surface area contributed by atoms with Gasteiger partial charge in [0.05, 0.1) is 18.2 Å². The summed E-state index contributed by atoms with van der Waals surface area (Å²) < 4.78 is 1.99. The Kier molecular flexibility index (Phi) is 6.93. The maximum Gasteiger partial charge on any atom is 0.143 e. The molecule has 4 nitrogen and oxygen atoms in total. The van der Waals surface area contributed by atoms with E-state index in [1.165, 1.54) is 0 Å². The SMILES string of the molecule is CCC(CC)n1ccc(CC(=O)C(CN)CC(C)C)n1. The van der Waals surface area contributed by atoms with E-state index in [0.717, 1.165) is 25.0 Å². The van der Waals surface area contributed by atoms with Crippen molar-refractivity contribution in [3.8, 4) is 0 Å². The minimum absolute atomic E-state index is 0.0340. The molecule has 1 unspecified atom stereocenters. The Balaban J connectivity index is 2.66. The fourth-order valence-electron chi connectivity index (χ4n) is 2.59. The van der Waals surface area contributed by atoms with Crippen LogP contribution >= 0.6 is 0 Å². The summed E-state index contributed by atoms with van der Waals surface area (Å²) in [7, 11) is 0. The molecular weight excluding hydrogens is 250 g/mol. The summed E-state index contributed by atoms with van der Waals surface area (Å²) in [6, 6.07) is 2.39. The van der Waals surface area contributed by atoms with Crippen LogP contribution in [0.25, 0.3) is 0 Å². The molecule has 20 heavy (non-hydrogen) atoms. The second-order valence-electron chi connectivity index (χ2n) is 5.96. The molecule has 0 spiro atoms. The molecule has 0 amide bonds. The van der Waals surface area contributed by atoms with Gasteiger partial charge >= 0.3 is 0 Å². The van der Waals surface area contributed by atoms with Crippen molar-refractivity contribution in [2.75, 3.05) is 6.54 Å². The number of carbonyl (C=O) groups excluding carboxylic acids is 1. The molecule has 0 aromatic carbocycles. The van der Waals surface area contributed by atoms with Gasteiger partial charge in [-0.15, -0.1) is 0 Å². The molecule has 114 valence electrons. The first-order valence-corrected chi connectivity index (χ1v) is 7.78. The van der Waals surface area contributed by atoms with Crippen molar-refractivity contribution >= 4 is 5.78 Å². The Hall–Kier alpha value is -1.16. The number of ketones is 1. The minimum Gasteiger partial charge on any atom is -0.330 e. The Bertz CT molecular complexity index is 408. The standard InChI is InChI=1S/C16H29N3O/c1-5-15(6-2)19-8-7-14(18-19)10-16(20)13(11-17)9-12(3)4/h7-8,12-13,15H,5-6,9-11,17H2,1-4H3. The number of nitrogens with two attached hydrogens (primary N) is 1. The van der Waals surface area contributed by atoms with Crippen molar-refractivity contribution in [3.63, 3.8) is 0 Å². The van der Waals surface area contributed by atoms with Gasteiger partial charge in [0.2, 0.25) is 0 Å². The molecule has 1 aromatic heterocycles. The Labute approximate surface area is 122 Å². The van der Waals surface area contributed by atoms with Crippen molar-refractivity contribution in [2.24, 2.45) is 17.6 Å². The molecule has 0 bridgehead atoms. The van der Waals surface area contributed by atoms with Gasteiger partial charge in [0.1, 0.15) is 5.78 Å². The van der Waals surface area contributed by atoms with Gasteiger partial charge in [-0.2, -0.15) is 5.10 Å². The van der Waals surface area contributed by atoms with Crippen LogP contribution in [0.4, 0.5) is 0 Å². The maximum absolute atomic E-state index is 12.3. The van der Waals surface area contributed by atoms with Crippen molar-refractivity contribution in [2.45, 2.75) is 59.4 Å². The zero-order chi connectivity index (χ0) is 15.1. The molecule has 1 rings (SSSR count). The van der Waals surface area contributed by atoms with E-state index < -0.39 is 0 Å². The first-order valence-electron chi connectivity index (χ1n) is 7.78. The number of nitrogens with zero attached hydrogens (tertiary/aromatic N) is 2. The highest BCUT2D eigenvalue weighted by Crippen LogP contribution is 2.17. The van der Waals surface area contributed by atoms with Crippen molar-refractivity contribution in [1.29, 1.82) is 0 Å². The van der Waals surface area contributed by atoms with Gasteiger partial charge in [-0.25, -0.2) is 0 Å². The summed E-state index contributed by atoms with van der Waals surface area (Å²) in [6.45, 7) is 9.00. The number of hydrogen-bond acceptors (Lipinski definition) is 3. The molecule has 0 radical (unpaired) electrons. The number of Topliss-reactive ketones (excluding diaryl/α,β-unsaturated/α-hetero) is 1. The summed E-state index contributed by atoms with van der Waals surface area (Å²) in [5.41, 5.74) is 6.59. The monoisotopic (exact) mass is 279 g/mol. The van der Waals surface area contributed by atoms with Crippen molar-refractivity contribution in [3.05, 3.63) is 18.0 Å². The van der Waals surface area contributed by atoms with E-state index >= 15 is 0 Å². The van der Waals surface area contributed by atoms with Crippen LogP contribution in [-0.4, -0.2) is 22.1 Å². The largest absolute Gasteiger partial charge is 0.330 e. The molecular formula is C16H29N3O. The lowest BCUT2D eigenvalue weighted by Gasteiger charge is -2.15. The van der Waals surface area contributed by atoms with Gasteiger partial charge in [0, 0.05) is 18.7 Å². The highest BCUT2D eigenvalue weighted by molar-refractivity contribution is 5.83. The van der Waals surface area contributed by atoms with Crippen LogP contribution < -0.4 is 5.73 Å². The third-order valence-electron chi connectivity index (χ3n) is 3.83. The van der Waals surface area contributed by atoms with Gasteiger partial charge in [-0.05, 0) is 31.2 Å². The van der Waals surface area contributed by atoms with Crippen LogP contribution in [0.2, 0.25) is 0 Å². The first kappa shape index (κ1) is 16.9. The van der Waals surface area contributed by atoms with Crippen LogP contribution in [0.5, 0.6) is 0 Å². The van der Waals surface area contributed by atoms with Crippen LogP contribution in [0.3, 0.4) is 0 Å². The topological polar surface area (TPSA) is 60.9 Å². The number of aromatic nitrogens is 2. The van der Waals surface area contributed by atoms with E-state index in [9.17, 15) is 4.79 Å². The van der Waals surface area contributed by atoms with Gasteiger partial charge in [0.25, 0.3) is 0 Å². The van der Waals surface area contributed by atoms with Crippen LogP contribution in [0.15, 0.2) is 12.3 Å². The van der Waals surface area contributed by atoms with E-state index in [4.69, 9.17) is 5.73 Å².